The molecule has 0 aliphatic rings. The molecule has 0 aromatic heterocycles. The van der Waals surface area contributed by atoms with Gasteiger partial charge < -0.3 is 38.8 Å². The Hall–Kier alpha value is -2.36. The van der Waals surface area contributed by atoms with Crippen LogP contribution in [0.4, 0.5) is 0 Å². The van der Waals surface area contributed by atoms with E-state index in [9.17, 15) is 38.9 Å². The number of hydrogen-bond acceptors (Lipinski definition) is 8. The standard InChI is InChI=1S/2C29H45O5P.Ca/c2*1-26(2,3)20-14-18(24(30)22(16-20)28(7,8)9)13-19-15-21(27(4,5)6)17-23(29(10,11)12)25(19)34-35(31,32)33;/h2*14-17,30H,13H2,1-12H3,(H2,31,32,33);/q;;+2/p-2. The minimum absolute atomic E-state index is 0. The van der Waals surface area contributed by atoms with Crippen molar-refractivity contribution in [1.82, 2.24) is 0 Å². The van der Waals surface area contributed by atoms with E-state index in [0.717, 1.165) is 33.4 Å². The minimum Gasteiger partial charge on any atom is -0.746 e. The van der Waals surface area contributed by atoms with Crippen molar-refractivity contribution in [3.8, 4) is 23.0 Å². The average Bonchev–Trinajstić information content (AvgIpc) is 3.09. The predicted octanol–water partition coefficient (Wildman–Crippen LogP) is 13.6. The van der Waals surface area contributed by atoms with Crippen molar-refractivity contribution in [3.05, 3.63) is 115 Å². The molecule has 71 heavy (non-hydrogen) atoms. The van der Waals surface area contributed by atoms with Crippen molar-refractivity contribution in [2.75, 3.05) is 0 Å². The molecule has 0 radical (unpaired) electrons. The minimum atomic E-state index is -5.07. The van der Waals surface area contributed by atoms with Crippen molar-refractivity contribution < 1.29 is 48.0 Å². The van der Waals surface area contributed by atoms with Crippen molar-refractivity contribution >= 4 is 53.4 Å². The Kier molecular flexibility index (Phi) is 19.8. The van der Waals surface area contributed by atoms with Crippen LogP contribution in [0.5, 0.6) is 23.0 Å². The number of phenolic OH excluding ortho intramolecular Hbond substituents is 2. The van der Waals surface area contributed by atoms with E-state index in [4.69, 9.17) is 9.05 Å². The summed E-state index contributed by atoms with van der Waals surface area (Å²) in [5.41, 5.74) is 7.63. The van der Waals surface area contributed by atoms with Crippen molar-refractivity contribution in [2.45, 2.75) is 222 Å². The number of aromatic hydroxyl groups is 2. The Morgan fingerprint density at radius 3 is 0.746 bits per heavy atom. The van der Waals surface area contributed by atoms with E-state index in [1.165, 1.54) is 0 Å². The Morgan fingerprint density at radius 2 is 0.563 bits per heavy atom. The van der Waals surface area contributed by atoms with Gasteiger partial charge >= 0.3 is 53.4 Å². The smallest absolute Gasteiger partial charge is 0.746 e. The van der Waals surface area contributed by atoms with Gasteiger partial charge in [-0.05, 0) is 99.0 Å². The van der Waals surface area contributed by atoms with E-state index < -0.39 is 26.5 Å². The summed E-state index contributed by atoms with van der Waals surface area (Å²) in [5.74, 6) is 0.654. The van der Waals surface area contributed by atoms with E-state index in [2.05, 4.69) is 137 Å². The number of phosphoric acid groups is 2. The molecule has 13 heteroatoms. The first-order chi connectivity index (χ1) is 30.8. The molecule has 0 amide bonds. The second-order valence-corrected chi connectivity index (χ2v) is 29.8. The SMILES string of the molecule is CC(C)(C)c1cc(Cc2cc(C(C)(C)C)cc(C(C)(C)C)c2OP(=O)([O-])O)c(O)c(C(C)(C)C)c1.CC(C)(C)c1cc(Cc2cc(C(C)(C)C)cc(C(C)(C)C)c2OP(=O)([O-])O)c(O)c(C(C)(C)C)c1.[Ca+2]. The molecule has 0 saturated heterocycles. The van der Waals surface area contributed by atoms with Crippen molar-refractivity contribution in [2.24, 2.45) is 0 Å². The van der Waals surface area contributed by atoms with Crippen LogP contribution in [0.25, 0.3) is 0 Å². The summed E-state index contributed by atoms with van der Waals surface area (Å²) in [5, 5.41) is 22.7. The second kappa shape index (κ2) is 21.7. The van der Waals surface area contributed by atoms with Gasteiger partial charge in [-0.3, -0.25) is 9.13 Å². The number of phosphoric ester groups is 2. The Labute approximate surface area is 458 Å². The molecule has 0 saturated carbocycles. The first-order valence-electron chi connectivity index (χ1n) is 24.4. The van der Waals surface area contributed by atoms with E-state index in [1.54, 1.807) is 0 Å². The van der Waals surface area contributed by atoms with Gasteiger partial charge in [-0.1, -0.05) is 215 Å². The largest absolute Gasteiger partial charge is 2.00 e. The Morgan fingerprint density at radius 1 is 0.366 bits per heavy atom. The van der Waals surface area contributed by atoms with Crippen LogP contribution >= 0.6 is 15.6 Å². The molecule has 4 aromatic carbocycles. The Balaban J connectivity index is 0.000000480. The first-order valence-corrected chi connectivity index (χ1v) is 27.4. The summed E-state index contributed by atoms with van der Waals surface area (Å²) < 4.78 is 34.3. The van der Waals surface area contributed by atoms with E-state index in [-0.39, 0.29) is 106 Å². The van der Waals surface area contributed by atoms with Crippen LogP contribution in [0, 0.1) is 0 Å². The number of benzene rings is 4. The molecular formula is C58H88CaO10P2. The van der Waals surface area contributed by atoms with Gasteiger partial charge in [-0.15, -0.1) is 0 Å². The van der Waals surface area contributed by atoms with Crippen LogP contribution in [-0.4, -0.2) is 57.7 Å². The molecule has 392 valence electrons. The van der Waals surface area contributed by atoms with Gasteiger partial charge in [0.2, 0.25) is 0 Å². The fourth-order valence-electron chi connectivity index (χ4n) is 8.15. The average molecular weight is 1050 g/mol. The molecule has 4 N–H and O–H groups in total. The maximum atomic E-state index is 11.9. The molecule has 2 atom stereocenters. The monoisotopic (exact) mass is 1050 g/mol. The molecule has 0 spiro atoms. The number of hydrogen-bond donors (Lipinski definition) is 4. The van der Waals surface area contributed by atoms with Crippen molar-refractivity contribution in [1.29, 1.82) is 0 Å². The predicted molar refractivity (Wildman–Crippen MR) is 291 cm³/mol. The molecule has 0 fully saturated rings. The van der Waals surface area contributed by atoms with Gasteiger partial charge in [-0.25, -0.2) is 0 Å². The molecule has 0 aliphatic carbocycles. The van der Waals surface area contributed by atoms with Crippen LogP contribution in [0.3, 0.4) is 0 Å². The topological polar surface area (TPSA) is 180 Å². The van der Waals surface area contributed by atoms with Crippen LogP contribution in [0.1, 0.15) is 233 Å². The van der Waals surface area contributed by atoms with E-state index >= 15 is 0 Å². The number of rotatable bonds is 8. The Bertz CT molecular complexity index is 2450. The normalized spacial score (nSPS) is 14.9. The zero-order valence-electron chi connectivity index (χ0n) is 47.9. The van der Waals surface area contributed by atoms with Gasteiger partial charge in [-0.2, -0.15) is 0 Å². The fraction of sp³-hybridized carbons (Fsp3) is 0.586. The third kappa shape index (κ3) is 17.9. The summed E-state index contributed by atoms with van der Waals surface area (Å²) in [6.45, 7) is 49.6. The third-order valence-electron chi connectivity index (χ3n) is 12.6. The summed E-state index contributed by atoms with van der Waals surface area (Å²) in [4.78, 5) is 43.2. The molecule has 0 bridgehead atoms. The van der Waals surface area contributed by atoms with Gasteiger partial charge in [0.25, 0.3) is 0 Å². The van der Waals surface area contributed by atoms with E-state index in [1.807, 2.05) is 77.9 Å². The van der Waals surface area contributed by atoms with Crippen LogP contribution in [0.2, 0.25) is 0 Å². The molecule has 2 unspecified atom stereocenters. The third-order valence-corrected chi connectivity index (χ3v) is 13.4. The maximum absolute atomic E-state index is 11.9. The van der Waals surface area contributed by atoms with Crippen LogP contribution in [0.15, 0.2) is 48.5 Å². The first kappa shape index (κ1) is 64.8. The molecule has 4 rings (SSSR count). The maximum Gasteiger partial charge on any atom is 2.00 e. The van der Waals surface area contributed by atoms with Gasteiger partial charge in [0.1, 0.15) is 23.0 Å². The molecular weight excluding hydrogens is 959 g/mol. The second-order valence-electron chi connectivity index (χ2n) is 27.6. The van der Waals surface area contributed by atoms with Crippen LogP contribution < -0.4 is 18.8 Å². The zero-order valence-corrected chi connectivity index (χ0v) is 51.9. The molecule has 4 aromatic rings. The van der Waals surface area contributed by atoms with E-state index in [0.29, 0.717) is 33.4 Å². The van der Waals surface area contributed by atoms with Gasteiger partial charge in [0.05, 0.1) is 0 Å². The summed E-state index contributed by atoms with van der Waals surface area (Å²) in [7, 11) is -10.1. The summed E-state index contributed by atoms with van der Waals surface area (Å²) >= 11 is 0. The van der Waals surface area contributed by atoms with Crippen LogP contribution in [-0.2, 0) is 65.3 Å². The van der Waals surface area contributed by atoms with Gasteiger partial charge in [0, 0.05) is 24.0 Å². The van der Waals surface area contributed by atoms with Gasteiger partial charge in [0.15, 0.2) is 0 Å². The molecule has 10 nitrogen and oxygen atoms in total. The summed E-state index contributed by atoms with van der Waals surface area (Å²) in [6.07, 6.45) is 0.502. The quantitative estimate of drug-likeness (QED) is 0.0980. The molecule has 0 aliphatic heterocycles. The number of phenols is 2. The summed E-state index contributed by atoms with van der Waals surface area (Å²) in [6, 6.07) is 15.9. The fourth-order valence-corrected chi connectivity index (χ4v) is 9.04. The molecule has 0 heterocycles. The zero-order chi connectivity index (χ0) is 54.7. The van der Waals surface area contributed by atoms with Crippen molar-refractivity contribution in [3.63, 3.8) is 0 Å².